The van der Waals surface area contributed by atoms with Gasteiger partial charge in [0.05, 0.1) is 11.8 Å². The van der Waals surface area contributed by atoms with Gasteiger partial charge in [0.25, 0.3) is 5.91 Å². The molecule has 1 heterocycles. The average Bonchev–Trinajstić information content (AvgIpc) is 2.98. The van der Waals surface area contributed by atoms with Gasteiger partial charge in [-0.15, -0.1) is 0 Å². The summed E-state index contributed by atoms with van der Waals surface area (Å²) >= 11 is 0. The Morgan fingerprint density at radius 2 is 1.67 bits per heavy atom. The van der Waals surface area contributed by atoms with Crippen LogP contribution in [0.5, 0.6) is 0 Å². The first kappa shape index (κ1) is 21.2. The predicted molar refractivity (Wildman–Crippen MR) is 105 cm³/mol. The van der Waals surface area contributed by atoms with Gasteiger partial charge >= 0.3 is 12.0 Å². The van der Waals surface area contributed by atoms with Gasteiger partial charge in [-0.2, -0.15) is 0 Å². The van der Waals surface area contributed by atoms with Crippen LogP contribution in [0.3, 0.4) is 0 Å². The van der Waals surface area contributed by atoms with Crippen molar-refractivity contribution in [3.05, 3.63) is 48.0 Å². The van der Waals surface area contributed by atoms with Gasteiger partial charge in [0.15, 0.2) is 0 Å². The third-order valence-corrected chi connectivity index (χ3v) is 5.05. The number of urea groups is 1. The zero-order valence-corrected chi connectivity index (χ0v) is 16.5. The van der Waals surface area contributed by atoms with Crippen LogP contribution in [0.1, 0.15) is 31.4 Å². The Morgan fingerprint density at radius 3 is 2.23 bits per heavy atom. The number of imide groups is 2. The van der Waals surface area contributed by atoms with E-state index in [-0.39, 0.29) is 0 Å². The number of amides is 5. The molecule has 158 valence electrons. The molecule has 2 N–H and O–H groups in total. The van der Waals surface area contributed by atoms with Gasteiger partial charge in [-0.3, -0.25) is 29.4 Å². The largest absolute Gasteiger partial charge is 0.446 e. The van der Waals surface area contributed by atoms with Crippen molar-refractivity contribution >= 4 is 29.7 Å². The Bertz CT molecular complexity index is 856. The molecule has 1 aromatic carbocycles. The molecule has 0 radical (unpaired) electrons. The van der Waals surface area contributed by atoms with Crippen molar-refractivity contribution in [2.75, 3.05) is 13.1 Å². The molecule has 0 saturated carbocycles. The maximum absolute atomic E-state index is 12.5. The zero-order chi connectivity index (χ0) is 21.7. The van der Waals surface area contributed by atoms with Crippen LogP contribution in [0.2, 0.25) is 0 Å². The molecule has 5 amide bonds. The van der Waals surface area contributed by atoms with E-state index in [0.29, 0.717) is 24.9 Å². The number of hydrogen-bond donors (Lipinski definition) is 2. The topological polar surface area (TPSA) is 122 Å². The molecule has 1 aliphatic carbocycles. The number of hydrogen-bond acceptors (Lipinski definition) is 6. The molecule has 0 spiro atoms. The van der Waals surface area contributed by atoms with Crippen LogP contribution in [0, 0.1) is 11.8 Å². The highest BCUT2D eigenvalue weighted by molar-refractivity contribution is 6.07. The van der Waals surface area contributed by atoms with Crippen molar-refractivity contribution in [1.29, 1.82) is 0 Å². The molecule has 0 unspecified atom stereocenters. The summed E-state index contributed by atoms with van der Waals surface area (Å²) in [4.78, 5) is 62.7. The van der Waals surface area contributed by atoms with Crippen LogP contribution in [0.15, 0.2) is 42.5 Å². The number of fused-ring (bicyclic) bond motifs is 1. The molecule has 0 bridgehead atoms. The average molecular weight is 413 g/mol. The molecule has 2 aliphatic rings. The lowest BCUT2D eigenvalue weighted by molar-refractivity contribution is -0.160. The normalized spacial score (nSPS) is 21.0. The second kappa shape index (κ2) is 9.34. The molecule has 1 aromatic rings. The fourth-order valence-corrected chi connectivity index (χ4v) is 3.61. The highest BCUT2D eigenvalue weighted by Crippen LogP contribution is 2.35. The molecule has 0 aromatic heterocycles. The number of nitrogens with one attached hydrogen (secondary N) is 2. The van der Waals surface area contributed by atoms with Crippen LogP contribution < -0.4 is 10.6 Å². The fraction of sp³-hybridized carbons (Fsp3) is 0.381. The second-order valence-corrected chi connectivity index (χ2v) is 7.05. The molecule has 1 fully saturated rings. The number of allylic oxidation sites excluding steroid dienone is 2. The van der Waals surface area contributed by atoms with Crippen molar-refractivity contribution in [2.45, 2.75) is 25.9 Å². The number of nitrogens with zero attached hydrogens (tertiary/aromatic N) is 1. The quantitative estimate of drug-likeness (QED) is 0.409. The van der Waals surface area contributed by atoms with Crippen LogP contribution in [-0.4, -0.2) is 47.7 Å². The van der Waals surface area contributed by atoms with Crippen LogP contribution in [0.4, 0.5) is 4.79 Å². The van der Waals surface area contributed by atoms with Crippen molar-refractivity contribution in [1.82, 2.24) is 15.5 Å². The van der Waals surface area contributed by atoms with Gasteiger partial charge in [-0.05, 0) is 19.8 Å². The highest BCUT2D eigenvalue weighted by atomic mass is 16.5. The lowest BCUT2D eigenvalue weighted by atomic mass is 9.85. The molecule has 3 atom stereocenters. The monoisotopic (exact) mass is 413 g/mol. The molecule has 30 heavy (non-hydrogen) atoms. The van der Waals surface area contributed by atoms with Gasteiger partial charge in [0.1, 0.15) is 6.54 Å². The lowest BCUT2D eigenvalue weighted by Gasteiger charge is -2.20. The number of ether oxygens (including phenoxy) is 1. The first-order chi connectivity index (χ1) is 14.4. The summed E-state index contributed by atoms with van der Waals surface area (Å²) in [5.74, 6) is -3.48. The Hall–Kier alpha value is -3.49. The van der Waals surface area contributed by atoms with Crippen LogP contribution >= 0.6 is 0 Å². The van der Waals surface area contributed by atoms with E-state index < -0.39 is 54.2 Å². The molecule has 3 rings (SSSR count). The highest BCUT2D eigenvalue weighted by Gasteiger charge is 2.48. The minimum Gasteiger partial charge on any atom is -0.446 e. The second-order valence-electron chi connectivity index (χ2n) is 7.05. The minimum atomic E-state index is -1.40. The SMILES string of the molecule is CCNC(=O)NC(=O)[C@@H](OC(=O)CN1C(=O)[C@H]2CC=CC[C@@H]2C1=O)c1ccccc1. The van der Waals surface area contributed by atoms with E-state index >= 15 is 0 Å². The van der Waals surface area contributed by atoms with Crippen molar-refractivity contribution in [2.24, 2.45) is 11.8 Å². The van der Waals surface area contributed by atoms with Gasteiger partial charge in [0.2, 0.25) is 17.9 Å². The van der Waals surface area contributed by atoms with Gasteiger partial charge in [-0.25, -0.2) is 4.79 Å². The van der Waals surface area contributed by atoms with E-state index in [1.54, 1.807) is 37.3 Å². The Balaban J connectivity index is 1.70. The molecular weight excluding hydrogens is 390 g/mol. The Morgan fingerprint density at radius 1 is 1.07 bits per heavy atom. The van der Waals surface area contributed by atoms with Gasteiger partial charge in [-0.1, -0.05) is 42.5 Å². The number of likely N-dealkylation sites (tertiary alicyclic amines) is 1. The molecule has 1 aliphatic heterocycles. The zero-order valence-electron chi connectivity index (χ0n) is 16.5. The lowest BCUT2D eigenvalue weighted by Crippen LogP contribution is -2.43. The summed E-state index contributed by atoms with van der Waals surface area (Å²) < 4.78 is 5.30. The number of rotatable bonds is 6. The van der Waals surface area contributed by atoms with Crippen LogP contribution in [0.25, 0.3) is 0 Å². The van der Waals surface area contributed by atoms with E-state index in [9.17, 15) is 24.0 Å². The summed E-state index contributed by atoms with van der Waals surface area (Å²) in [6, 6.07) is 7.45. The van der Waals surface area contributed by atoms with E-state index in [1.807, 2.05) is 12.2 Å². The van der Waals surface area contributed by atoms with Crippen LogP contribution in [-0.2, 0) is 23.9 Å². The standard InChI is InChI=1S/C21H23N3O6/c1-2-22-21(29)23-18(26)17(13-8-4-3-5-9-13)30-16(25)12-24-19(27)14-10-6-7-11-15(14)20(24)28/h3-9,14-15,17H,2,10-12H2,1H3,(H2,22,23,26,29)/t14-,15-,17-/m0/s1. The van der Waals surface area contributed by atoms with E-state index in [2.05, 4.69) is 10.6 Å². The summed E-state index contributed by atoms with van der Waals surface area (Å²) in [7, 11) is 0. The van der Waals surface area contributed by atoms with E-state index in [0.717, 1.165) is 4.90 Å². The number of carbonyl (C=O) groups is 5. The summed E-state index contributed by atoms with van der Waals surface area (Å²) in [6.45, 7) is 1.42. The maximum atomic E-state index is 12.5. The molecular formula is C21H23N3O6. The number of esters is 1. The predicted octanol–water partition coefficient (Wildman–Crippen LogP) is 1.07. The number of benzene rings is 1. The van der Waals surface area contributed by atoms with Crippen molar-refractivity contribution in [3.8, 4) is 0 Å². The number of carbonyl (C=O) groups excluding carboxylic acids is 5. The Labute approximate surface area is 173 Å². The molecule has 1 saturated heterocycles. The fourth-order valence-electron chi connectivity index (χ4n) is 3.61. The summed E-state index contributed by atoms with van der Waals surface area (Å²) in [6.07, 6.45) is 3.22. The maximum Gasteiger partial charge on any atom is 0.327 e. The van der Waals surface area contributed by atoms with Gasteiger partial charge in [0, 0.05) is 12.1 Å². The molecule has 9 nitrogen and oxygen atoms in total. The first-order valence-electron chi connectivity index (χ1n) is 9.75. The van der Waals surface area contributed by atoms with E-state index in [4.69, 9.17) is 4.74 Å². The summed E-state index contributed by atoms with van der Waals surface area (Å²) in [5, 5.41) is 4.53. The summed E-state index contributed by atoms with van der Waals surface area (Å²) in [5.41, 5.74) is 0.351. The van der Waals surface area contributed by atoms with Gasteiger partial charge < -0.3 is 10.1 Å². The smallest absolute Gasteiger partial charge is 0.327 e. The first-order valence-corrected chi connectivity index (χ1v) is 9.75. The van der Waals surface area contributed by atoms with Crippen molar-refractivity contribution in [3.63, 3.8) is 0 Å². The minimum absolute atomic E-state index is 0.311. The molecule has 9 heteroatoms. The third-order valence-electron chi connectivity index (χ3n) is 5.05. The Kier molecular flexibility index (Phi) is 6.61. The van der Waals surface area contributed by atoms with E-state index in [1.165, 1.54) is 0 Å². The van der Waals surface area contributed by atoms with Crippen molar-refractivity contribution < 1.29 is 28.7 Å². The third kappa shape index (κ3) is 4.56.